The van der Waals surface area contributed by atoms with Crippen molar-refractivity contribution >= 4 is 29.0 Å². The molecular weight excluding hydrogens is 464 g/mol. The van der Waals surface area contributed by atoms with Crippen LogP contribution in [0.15, 0.2) is 57.0 Å². The second-order valence-corrected chi connectivity index (χ2v) is 8.23. The number of nitrogens with one attached hydrogen (secondary N) is 1. The molecule has 0 aliphatic heterocycles. The molecule has 0 unspecified atom stereocenters. The second kappa shape index (κ2) is 10.3. The third-order valence-corrected chi connectivity index (χ3v) is 4.98. The van der Waals surface area contributed by atoms with E-state index in [1.165, 1.54) is 0 Å². The number of aliphatic carboxylic acids is 1. The summed E-state index contributed by atoms with van der Waals surface area (Å²) in [5, 5.41) is 9.39. The van der Waals surface area contributed by atoms with Crippen LogP contribution in [-0.2, 0) is 22.7 Å². The van der Waals surface area contributed by atoms with Crippen LogP contribution in [0.2, 0.25) is 5.02 Å². The van der Waals surface area contributed by atoms with Crippen molar-refractivity contribution in [3.8, 4) is 5.75 Å². The Morgan fingerprint density at radius 3 is 2.38 bits per heavy atom. The lowest BCUT2D eigenvalue weighted by atomic mass is 10.2. The molecule has 3 aromatic rings. The lowest BCUT2D eigenvalue weighted by Gasteiger charge is -2.13. The number of benzene rings is 2. The van der Waals surface area contributed by atoms with Crippen LogP contribution in [0, 0.1) is 6.92 Å². The maximum Gasteiger partial charge on any atom is 0.374 e. The summed E-state index contributed by atoms with van der Waals surface area (Å²) < 4.78 is 7.39. The Morgan fingerprint density at radius 1 is 1.12 bits per heavy atom. The predicted octanol–water partition coefficient (Wildman–Crippen LogP) is 2.02. The van der Waals surface area contributed by atoms with Crippen molar-refractivity contribution in [1.82, 2.24) is 14.1 Å². The fourth-order valence-electron chi connectivity index (χ4n) is 3.12. The number of ketones is 1. The minimum Gasteiger partial charge on any atom is -0.491 e. The molecule has 0 saturated carbocycles. The molecule has 178 valence electrons. The highest BCUT2D eigenvalue weighted by Gasteiger charge is 2.17. The number of rotatable bonds is 8. The molecule has 11 heteroatoms. The third kappa shape index (κ3) is 5.90. The average molecular weight is 487 g/mol. The van der Waals surface area contributed by atoms with Crippen molar-refractivity contribution in [3.63, 3.8) is 0 Å². The lowest BCUT2D eigenvalue weighted by molar-refractivity contribution is -0.149. The molecule has 0 bridgehead atoms. The van der Waals surface area contributed by atoms with Gasteiger partial charge in [0.25, 0.3) is 5.78 Å². The van der Waals surface area contributed by atoms with Gasteiger partial charge in [0.1, 0.15) is 12.3 Å². The van der Waals surface area contributed by atoms with Crippen molar-refractivity contribution in [2.24, 2.45) is 4.99 Å². The maximum absolute atomic E-state index is 13.1. The molecule has 3 rings (SSSR count). The fourth-order valence-corrected chi connectivity index (χ4v) is 3.25. The lowest BCUT2D eigenvalue weighted by Crippen LogP contribution is -2.51. The molecule has 0 spiro atoms. The number of aromatic nitrogens is 3. The van der Waals surface area contributed by atoms with Gasteiger partial charge in [-0.2, -0.15) is 0 Å². The summed E-state index contributed by atoms with van der Waals surface area (Å²) >= 11 is 5.93. The smallest absolute Gasteiger partial charge is 0.374 e. The molecule has 2 N–H and O–H groups in total. The third-order valence-electron chi connectivity index (χ3n) is 4.73. The summed E-state index contributed by atoms with van der Waals surface area (Å²) in [6, 6.07) is 11.8. The van der Waals surface area contributed by atoms with E-state index in [2.05, 4.69) is 9.98 Å². The number of nitrogens with zero attached hydrogens (tertiary/aromatic N) is 3. The van der Waals surface area contributed by atoms with E-state index in [1.807, 2.05) is 20.8 Å². The van der Waals surface area contributed by atoms with Crippen LogP contribution >= 0.6 is 11.6 Å². The van der Waals surface area contributed by atoms with Gasteiger partial charge in [-0.25, -0.2) is 23.9 Å². The molecule has 0 fully saturated rings. The van der Waals surface area contributed by atoms with E-state index < -0.39 is 29.7 Å². The molecule has 0 amide bonds. The molecule has 0 saturated heterocycles. The molecule has 10 nitrogen and oxygen atoms in total. The number of hydrogen-bond acceptors (Lipinski definition) is 6. The molecule has 34 heavy (non-hydrogen) atoms. The Kier molecular flexibility index (Phi) is 7.52. The first-order chi connectivity index (χ1) is 16.0. The Labute approximate surface area is 198 Å². The number of carbonyl (C=O) groups is 2. The van der Waals surface area contributed by atoms with E-state index >= 15 is 0 Å². The van der Waals surface area contributed by atoms with E-state index in [-0.39, 0.29) is 18.3 Å². The number of carboxylic acids is 1. The number of hydrogen-bond donors (Lipinski definition) is 2. The first-order valence-corrected chi connectivity index (χ1v) is 10.7. The first kappa shape index (κ1) is 24.7. The van der Waals surface area contributed by atoms with Crippen LogP contribution in [0.4, 0.5) is 5.69 Å². The molecule has 2 aromatic carbocycles. The summed E-state index contributed by atoms with van der Waals surface area (Å²) in [5.74, 6) is -2.37. The molecule has 0 atom stereocenters. The summed E-state index contributed by atoms with van der Waals surface area (Å²) in [7, 11) is 0. The van der Waals surface area contributed by atoms with Gasteiger partial charge in [-0.1, -0.05) is 23.7 Å². The van der Waals surface area contributed by atoms with Crippen molar-refractivity contribution in [2.45, 2.75) is 40.0 Å². The van der Waals surface area contributed by atoms with Crippen LogP contribution in [0.25, 0.3) is 0 Å². The number of H-pyrrole nitrogens is 1. The van der Waals surface area contributed by atoms with E-state index in [9.17, 15) is 19.2 Å². The minimum absolute atomic E-state index is 0.0134. The SMILES string of the molecule is Cc1cc(/N=c2/[nH]c(=O)n(CC(=O)C(=O)O)c(=O)n2Cc2ccc(Cl)cc2)ccc1OC(C)C. The predicted molar refractivity (Wildman–Crippen MR) is 125 cm³/mol. The summed E-state index contributed by atoms with van der Waals surface area (Å²) in [5.41, 5.74) is 0.0180. The minimum atomic E-state index is -1.75. The number of ether oxygens (including phenoxy) is 1. The summed E-state index contributed by atoms with van der Waals surface area (Å²) in [6.45, 7) is 4.74. The van der Waals surface area contributed by atoms with E-state index in [4.69, 9.17) is 21.4 Å². The van der Waals surface area contributed by atoms with E-state index in [1.54, 1.807) is 42.5 Å². The number of aryl methyl sites for hydroxylation is 1. The quantitative estimate of drug-likeness (QED) is 0.467. The van der Waals surface area contributed by atoms with Crippen molar-refractivity contribution in [2.75, 3.05) is 0 Å². The number of Topliss-reactive ketones (excluding diaryl/α,β-unsaturated/α-hetero) is 1. The van der Waals surface area contributed by atoms with Crippen LogP contribution in [0.3, 0.4) is 0 Å². The summed E-state index contributed by atoms with van der Waals surface area (Å²) in [4.78, 5) is 55.2. The highest BCUT2D eigenvalue weighted by Crippen LogP contribution is 2.24. The number of carboxylic acid groups (broad SMARTS) is 1. The Bertz CT molecular complexity index is 1420. The molecule has 0 aliphatic rings. The van der Waals surface area contributed by atoms with Crippen molar-refractivity contribution < 1.29 is 19.4 Å². The van der Waals surface area contributed by atoms with Gasteiger partial charge < -0.3 is 9.84 Å². The van der Waals surface area contributed by atoms with Crippen LogP contribution in [0.5, 0.6) is 5.75 Å². The zero-order chi connectivity index (χ0) is 25.0. The van der Waals surface area contributed by atoms with Gasteiger partial charge in [-0.3, -0.25) is 14.3 Å². The first-order valence-electron chi connectivity index (χ1n) is 10.3. The highest BCUT2D eigenvalue weighted by molar-refractivity contribution is 6.32. The topological polar surface area (TPSA) is 136 Å². The number of carbonyl (C=O) groups excluding carboxylic acids is 1. The average Bonchev–Trinajstić information content (AvgIpc) is 2.76. The Hall–Kier alpha value is -3.92. The zero-order valence-corrected chi connectivity index (χ0v) is 19.5. The summed E-state index contributed by atoms with van der Waals surface area (Å²) in [6.07, 6.45) is -0.0134. The van der Waals surface area contributed by atoms with Gasteiger partial charge in [0, 0.05) is 5.02 Å². The standard InChI is InChI=1S/C23H23ClN4O6/c1-13(2)34-19-9-8-17(10-14(19)3)25-21-26-22(32)28(12-18(29)20(30)31)23(33)27(21)11-15-4-6-16(24)7-5-15/h4-10,13H,11-12H2,1-3H3,(H,30,31)(H,25,26,32). The fraction of sp³-hybridized carbons (Fsp3) is 0.261. The van der Waals surface area contributed by atoms with Crippen LogP contribution in [-0.4, -0.2) is 37.1 Å². The van der Waals surface area contributed by atoms with E-state index in [0.717, 1.165) is 10.1 Å². The highest BCUT2D eigenvalue weighted by atomic mass is 35.5. The van der Waals surface area contributed by atoms with Crippen LogP contribution < -0.4 is 21.7 Å². The van der Waals surface area contributed by atoms with Gasteiger partial charge in [-0.15, -0.1) is 0 Å². The van der Waals surface area contributed by atoms with E-state index in [0.29, 0.717) is 26.6 Å². The van der Waals surface area contributed by atoms with Crippen molar-refractivity contribution in [1.29, 1.82) is 0 Å². The zero-order valence-electron chi connectivity index (χ0n) is 18.7. The molecule has 0 radical (unpaired) electrons. The molecule has 1 aromatic heterocycles. The number of aromatic amines is 1. The van der Waals surface area contributed by atoms with Gasteiger partial charge in [-0.05, 0) is 62.2 Å². The maximum atomic E-state index is 13.1. The van der Waals surface area contributed by atoms with Gasteiger partial charge >= 0.3 is 17.3 Å². The molecular formula is C23H23ClN4O6. The monoisotopic (exact) mass is 486 g/mol. The Balaban J connectivity index is 2.17. The van der Waals surface area contributed by atoms with Gasteiger partial charge in [0.15, 0.2) is 0 Å². The normalized spacial score (nSPS) is 11.6. The van der Waals surface area contributed by atoms with Crippen molar-refractivity contribution in [3.05, 3.63) is 85.2 Å². The largest absolute Gasteiger partial charge is 0.491 e. The molecule has 0 aliphatic carbocycles. The second-order valence-electron chi connectivity index (χ2n) is 7.79. The Morgan fingerprint density at radius 2 is 1.79 bits per heavy atom. The van der Waals surface area contributed by atoms with Crippen LogP contribution in [0.1, 0.15) is 25.0 Å². The van der Waals surface area contributed by atoms with Gasteiger partial charge in [0.2, 0.25) is 5.62 Å². The number of halogens is 1. The molecule has 1 heterocycles. The van der Waals surface area contributed by atoms with Gasteiger partial charge in [0.05, 0.1) is 18.3 Å².